The molecule has 2 aromatic rings. The van der Waals surface area contributed by atoms with Crippen molar-refractivity contribution in [2.45, 2.75) is 52.4 Å². The van der Waals surface area contributed by atoms with Gasteiger partial charge in [0.1, 0.15) is 6.61 Å². The summed E-state index contributed by atoms with van der Waals surface area (Å²) in [4.78, 5) is 12.3. The number of benzene rings is 2. The van der Waals surface area contributed by atoms with E-state index in [2.05, 4.69) is 5.32 Å². The zero-order valence-electron chi connectivity index (χ0n) is 19.2. The topological polar surface area (TPSA) is 82.8 Å². The maximum atomic E-state index is 12.3. The second kappa shape index (κ2) is 9.57. The second-order valence-corrected chi connectivity index (χ2v) is 9.36. The molecular weight excluding hydrogens is 427 g/mol. The zero-order chi connectivity index (χ0) is 23.5. The Hall–Kier alpha value is -2.48. The van der Waals surface area contributed by atoms with Gasteiger partial charge in [-0.05, 0) is 68.9 Å². The molecule has 3 N–H and O–H groups in total. The summed E-state index contributed by atoms with van der Waals surface area (Å²) in [5.41, 5.74) is 8.84. The number of anilines is 1. The predicted molar refractivity (Wildman–Crippen MR) is 129 cm³/mol. The Morgan fingerprint density at radius 2 is 1.78 bits per heavy atom. The molecule has 8 heteroatoms. The van der Waals surface area contributed by atoms with Crippen LogP contribution in [0.5, 0.6) is 0 Å². The molecule has 0 bridgehead atoms. The normalized spacial score (nSPS) is 17.3. The van der Waals surface area contributed by atoms with E-state index < -0.39 is 24.4 Å². The number of alkyl carbamates (subject to hydrolysis) is 1. The smallest absolute Gasteiger partial charge is 0.445 e. The number of carbonyl (C=O) groups is 1. The number of nitrogens with one attached hydrogen (secondary N) is 1. The Kier molecular flexibility index (Phi) is 7.23. The highest BCUT2D eigenvalue weighted by atomic mass is 35.5. The van der Waals surface area contributed by atoms with Crippen molar-refractivity contribution >= 4 is 36.6 Å². The number of nitrogen functional groups attached to an aromatic ring is 1. The summed E-state index contributed by atoms with van der Waals surface area (Å²) in [5, 5.41) is 3.30. The first-order chi connectivity index (χ1) is 15.0. The van der Waals surface area contributed by atoms with Crippen LogP contribution in [0.4, 0.5) is 10.5 Å². The molecule has 0 unspecified atom stereocenters. The number of carbonyl (C=O) groups excluding carboxylic acids is 1. The Morgan fingerprint density at radius 3 is 2.41 bits per heavy atom. The first kappa shape index (κ1) is 24.2. The van der Waals surface area contributed by atoms with Gasteiger partial charge in [0.25, 0.3) is 0 Å². The van der Waals surface area contributed by atoms with E-state index in [1.807, 2.05) is 77.1 Å². The van der Waals surface area contributed by atoms with E-state index in [1.165, 1.54) is 0 Å². The van der Waals surface area contributed by atoms with Crippen LogP contribution in [-0.4, -0.2) is 31.0 Å². The highest BCUT2D eigenvalue weighted by Crippen LogP contribution is 2.39. The van der Waals surface area contributed by atoms with Crippen molar-refractivity contribution in [2.24, 2.45) is 0 Å². The van der Waals surface area contributed by atoms with E-state index >= 15 is 0 Å². The average molecular weight is 457 g/mol. The first-order valence-electron chi connectivity index (χ1n) is 10.5. The van der Waals surface area contributed by atoms with Gasteiger partial charge >= 0.3 is 13.2 Å². The molecule has 2 aromatic carbocycles. The lowest BCUT2D eigenvalue weighted by Gasteiger charge is -2.32. The number of ether oxygens (including phenoxy) is 1. The SMILES string of the molecule is Cc1cc(C=C(CNC(=O)OCc2ccccc2)B2OC(C)(C)C(C)(C)O2)c(Cl)cc1N. The fourth-order valence-corrected chi connectivity index (χ4v) is 3.40. The molecule has 1 fully saturated rings. The van der Waals surface area contributed by atoms with Gasteiger partial charge in [0.2, 0.25) is 0 Å². The molecule has 0 spiro atoms. The van der Waals surface area contributed by atoms with Gasteiger partial charge in [-0.25, -0.2) is 4.79 Å². The summed E-state index contributed by atoms with van der Waals surface area (Å²) in [6.45, 7) is 10.2. The molecule has 0 radical (unpaired) electrons. The van der Waals surface area contributed by atoms with Gasteiger partial charge in [-0.2, -0.15) is 0 Å². The quantitative estimate of drug-likeness (QED) is 0.463. The van der Waals surface area contributed by atoms with Crippen LogP contribution in [0, 0.1) is 6.92 Å². The predicted octanol–water partition coefficient (Wildman–Crippen LogP) is 5.17. The number of halogens is 1. The van der Waals surface area contributed by atoms with E-state index in [-0.39, 0.29) is 13.2 Å². The molecule has 0 saturated carbocycles. The van der Waals surface area contributed by atoms with Crippen molar-refractivity contribution in [2.75, 3.05) is 12.3 Å². The van der Waals surface area contributed by atoms with Crippen LogP contribution in [-0.2, 0) is 20.7 Å². The number of rotatable bonds is 6. The fourth-order valence-electron chi connectivity index (χ4n) is 3.17. The summed E-state index contributed by atoms with van der Waals surface area (Å²) >= 11 is 6.43. The molecule has 0 aromatic heterocycles. The lowest BCUT2D eigenvalue weighted by molar-refractivity contribution is 0.00578. The number of aryl methyl sites for hydroxylation is 1. The van der Waals surface area contributed by atoms with Crippen molar-refractivity contribution in [3.8, 4) is 0 Å². The van der Waals surface area contributed by atoms with E-state index in [4.69, 9.17) is 31.4 Å². The number of hydrogen-bond donors (Lipinski definition) is 2. The van der Waals surface area contributed by atoms with E-state index in [9.17, 15) is 4.79 Å². The van der Waals surface area contributed by atoms with Crippen LogP contribution in [0.2, 0.25) is 5.02 Å². The minimum atomic E-state index is -0.650. The average Bonchev–Trinajstić information content (AvgIpc) is 2.95. The molecule has 1 aliphatic rings. The summed E-state index contributed by atoms with van der Waals surface area (Å²) < 4.78 is 17.7. The molecule has 0 atom stereocenters. The standard InChI is InChI=1S/C24H30BClN2O4/c1-16-11-18(20(26)13-21(16)27)12-19(25-31-23(2,3)24(4,5)32-25)14-28-22(29)30-15-17-9-7-6-8-10-17/h6-13H,14-15,27H2,1-5H3,(H,28,29). The van der Waals surface area contributed by atoms with Gasteiger partial charge in [-0.15, -0.1) is 0 Å². The van der Waals surface area contributed by atoms with Gasteiger partial charge in [-0.1, -0.05) is 48.0 Å². The monoisotopic (exact) mass is 456 g/mol. The van der Waals surface area contributed by atoms with Gasteiger partial charge < -0.3 is 25.1 Å². The fraction of sp³-hybridized carbons (Fsp3) is 0.375. The zero-order valence-corrected chi connectivity index (χ0v) is 20.0. The van der Waals surface area contributed by atoms with Crippen LogP contribution in [0.3, 0.4) is 0 Å². The lowest BCUT2D eigenvalue weighted by atomic mass is 9.77. The molecule has 1 aliphatic heterocycles. The van der Waals surface area contributed by atoms with E-state index in [1.54, 1.807) is 6.07 Å². The maximum Gasteiger partial charge on any atom is 0.492 e. The van der Waals surface area contributed by atoms with Crippen LogP contribution >= 0.6 is 11.6 Å². The van der Waals surface area contributed by atoms with Crippen molar-refractivity contribution in [3.05, 3.63) is 69.7 Å². The number of hydrogen-bond acceptors (Lipinski definition) is 5. The van der Waals surface area contributed by atoms with Crippen LogP contribution < -0.4 is 11.1 Å². The number of nitrogens with two attached hydrogens (primary N) is 1. The highest BCUT2D eigenvalue weighted by molar-refractivity contribution is 6.56. The van der Waals surface area contributed by atoms with Crippen LogP contribution in [0.1, 0.15) is 44.4 Å². The molecule has 0 aliphatic carbocycles. The van der Waals surface area contributed by atoms with Gasteiger partial charge in [0.05, 0.1) is 11.2 Å². The van der Waals surface area contributed by atoms with Crippen LogP contribution in [0.25, 0.3) is 6.08 Å². The Balaban J connectivity index is 1.78. The van der Waals surface area contributed by atoms with Gasteiger partial charge in [0, 0.05) is 17.3 Å². The largest absolute Gasteiger partial charge is 0.492 e. The summed E-state index contributed by atoms with van der Waals surface area (Å²) in [6.07, 6.45) is 1.34. The summed E-state index contributed by atoms with van der Waals surface area (Å²) in [6, 6.07) is 13.1. The van der Waals surface area contributed by atoms with Crippen molar-refractivity contribution in [1.29, 1.82) is 0 Å². The second-order valence-electron chi connectivity index (χ2n) is 8.95. The third-order valence-electron chi connectivity index (χ3n) is 5.93. The van der Waals surface area contributed by atoms with Gasteiger partial charge in [0.15, 0.2) is 0 Å². The highest BCUT2D eigenvalue weighted by Gasteiger charge is 2.52. The molecule has 170 valence electrons. The van der Waals surface area contributed by atoms with Gasteiger partial charge in [-0.3, -0.25) is 0 Å². The van der Waals surface area contributed by atoms with E-state index in [0.717, 1.165) is 16.7 Å². The minimum absolute atomic E-state index is 0.171. The number of amides is 1. The maximum absolute atomic E-state index is 12.3. The summed E-state index contributed by atoms with van der Waals surface area (Å²) in [7, 11) is -0.650. The molecule has 3 rings (SSSR count). The third-order valence-corrected chi connectivity index (χ3v) is 6.26. The lowest BCUT2D eigenvalue weighted by Crippen LogP contribution is -2.41. The van der Waals surface area contributed by atoms with Crippen molar-refractivity contribution in [1.82, 2.24) is 5.32 Å². The van der Waals surface area contributed by atoms with Crippen molar-refractivity contribution < 1.29 is 18.8 Å². The molecule has 1 amide bonds. The Morgan fingerprint density at radius 1 is 1.16 bits per heavy atom. The van der Waals surface area contributed by atoms with Crippen LogP contribution in [0.15, 0.2) is 47.9 Å². The Bertz CT molecular complexity index is 993. The molecular formula is C24H30BClN2O4. The molecule has 1 saturated heterocycles. The Labute approximate surface area is 195 Å². The summed E-state index contributed by atoms with van der Waals surface area (Å²) in [5.74, 6) is 0. The minimum Gasteiger partial charge on any atom is -0.445 e. The van der Waals surface area contributed by atoms with E-state index in [0.29, 0.717) is 16.2 Å². The molecule has 32 heavy (non-hydrogen) atoms. The third kappa shape index (κ3) is 5.65. The van der Waals surface area contributed by atoms with Crippen molar-refractivity contribution in [3.63, 3.8) is 0 Å². The molecule has 1 heterocycles. The molecule has 6 nitrogen and oxygen atoms in total. The first-order valence-corrected chi connectivity index (χ1v) is 10.9.